The molecule has 0 saturated heterocycles. The molecule has 88 valence electrons. The highest BCUT2D eigenvalue weighted by Gasteiger charge is 2.19. The van der Waals surface area contributed by atoms with Gasteiger partial charge in [0.1, 0.15) is 0 Å². The van der Waals surface area contributed by atoms with Crippen molar-refractivity contribution in [2.45, 2.75) is 33.2 Å². The van der Waals surface area contributed by atoms with E-state index in [0.29, 0.717) is 0 Å². The molecule has 1 rings (SSSR count). The number of pyridine rings is 1. The number of carbonyl (C=O) groups is 1. The van der Waals surface area contributed by atoms with E-state index in [-0.39, 0.29) is 11.8 Å². The summed E-state index contributed by atoms with van der Waals surface area (Å²) in [6, 6.07) is 1.38. The Labute approximate surface area is 96.3 Å². The molecule has 1 heterocycles. The van der Waals surface area contributed by atoms with E-state index in [1.165, 1.54) is 0 Å². The van der Waals surface area contributed by atoms with Crippen molar-refractivity contribution in [3.8, 4) is 0 Å². The normalized spacial score (nSPS) is 14.2. The largest absolute Gasteiger partial charge is 0.323 e. The standard InChI is InChI=1S/C12H19N3O/c1-4-8(2)11(13)12(16)15-10-7-14-6-5-9(10)3/h5-8,11H,4,13H2,1-3H3,(H,15,16)/t8?,11-/m0/s1. The van der Waals surface area contributed by atoms with Gasteiger partial charge in [-0.05, 0) is 24.5 Å². The molecule has 0 bridgehead atoms. The van der Waals surface area contributed by atoms with Crippen LogP contribution < -0.4 is 11.1 Å². The van der Waals surface area contributed by atoms with Crippen molar-refractivity contribution in [2.24, 2.45) is 11.7 Å². The first kappa shape index (κ1) is 12.6. The van der Waals surface area contributed by atoms with Crippen LogP contribution in [-0.2, 0) is 4.79 Å². The minimum absolute atomic E-state index is 0.148. The van der Waals surface area contributed by atoms with Crippen molar-refractivity contribution in [1.82, 2.24) is 4.98 Å². The van der Waals surface area contributed by atoms with Gasteiger partial charge < -0.3 is 11.1 Å². The maximum absolute atomic E-state index is 11.8. The van der Waals surface area contributed by atoms with Crippen LogP contribution in [0, 0.1) is 12.8 Å². The van der Waals surface area contributed by atoms with Crippen molar-refractivity contribution in [3.63, 3.8) is 0 Å². The Bertz CT molecular complexity index is 365. The third-order valence-corrected chi connectivity index (χ3v) is 2.86. The number of amides is 1. The monoisotopic (exact) mass is 221 g/mol. The molecule has 0 aromatic carbocycles. The molecule has 1 amide bonds. The molecular weight excluding hydrogens is 202 g/mol. The minimum atomic E-state index is -0.468. The Balaban J connectivity index is 2.68. The van der Waals surface area contributed by atoms with Gasteiger partial charge in [0, 0.05) is 6.20 Å². The van der Waals surface area contributed by atoms with Crippen molar-refractivity contribution in [3.05, 3.63) is 24.0 Å². The smallest absolute Gasteiger partial charge is 0.241 e. The second kappa shape index (κ2) is 5.61. The van der Waals surface area contributed by atoms with Gasteiger partial charge in [0.2, 0.25) is 5.91 Å². The number of rotatable bonds is 4. The summed E-state index contributed by atoms with van der Waals surface area (Å²) in [6.45, 7) is 5.92. The molecule has 0 fully saturated rings. The summed E-state index contributed by atoms with van der Waals surface area (Å²) in [4.78, 5) is 15.8. The van der Waals surface area contributed by atoms with E-state index in [2.05, 4.69) is 10.3 Å². The van der Waals surface area contributed by atoms with Gasteiger partial charge in [-0.25, -0.2) is 0 Å². The SMILES string of the molecule is CCC(C)[C@H](N)C(=O)Nc1cnccc1C. The Hall–Kier alpha value is -1.42. The number of hydrogen-bond acceptors (Lipinski definition) is 3. The molecule has 0 aliphatic carbocycles. The molecule has 4 heteroatoms. The lowest BCUT2D eigenvalue weighted by Gasteiger charge is -2.18. The van der Waals surface area contributed by atoms with E-state index in [9.17, 15) is 4.79 Å². The molecule has 0 radical (unpaired) electrons. The maximum atomic E-state index is 11.8. The predicted molar refractivity (Wildman–Crippen MR) is 65.0 cm³/mol. The molecule has 1 aromatic rings. The summed E-state index contributed by atoms with van der Waals surface area (Å²) >= 11 is 0. The minimum Gasteiger partial charge on any atom is -0.323 e. The molecular formula is C12H19N3O. The van der Waals surface area contributed by atoms with Crippen LogP contribution in [0.5, 0.6) is 0 Å². The fourth-order valence-electron chi connectivity index (χ4n) is 1.32. The second-order valence-corrected chi connectivity index (χ2v) is 4.09. The molecule has 1 unspecified atom stereocenters. The molecule has 0 aliphatic heterocycles. The zero-order valence-corrected chi connectivity index (χ0v) is 10.0. The summed E-state index contributed by atoms with van der Waals surface area (Å²) in [7, 11) is 0. The van der Waals surface area contributed by atoms with Gasteiger partial charge in [-0.1, -0.05) is 20.3 Å². The van der Waals surface area contributed by atoms with Gasteiger partial charge in [0.05, 0.1) is 17.9 Å². The zero-order chi connectivity index (χ0) is 12.1. The third-order valence-electron chi connectivity index (χ3n) is 2.86. The number of hydrogen-bond donors (Lipinski definition) is 2. The molecule has 0 spiro atoms. The van der Waals surface area contributed by atoms with Crippen LogP contribution in [0.1, 0.15) is 25.8 Å². The van der Waals surface area contributed by atoms with E-state index < -0.39 is 6.04 Å². The molecule has 0 aliphatic rings. The van der Waals surface area contributed by atoms with Crippen LogP contribution in [0.4, 0.5) is 5.69 Å². The van der Waals surface area contributed by atoms with Crippen molar-refractivity contribution >= 4 is 11.6 Å². The van der Waals surface area contributed by atoms with Crippen LogP contribution in [0.15, 0.2) is 18.5 Å². The molecule has 4 nitrogen and oxygen atoms in total. The number of nitrogens with one attached hydrogen (secondary N) is 1. The number of aryl methyl sites for hydroxylation is 1. The maximum Gasteiger partial charge on any atom is 0.241 e. The Morgan fingerprint density at radius 1 is 1.62 bits per heavy atom. The molecule has 0 saturated carbocycles. The van der Waals surface area contributed by atoms with Crippen molar-refractivity contribution < 1.29 is 4.79 Å². The summed E-state index contributed by atoms with van der Waals surface area (Å²) in [5.41, 5.74) is 7.55. The van der Waals surface area contributed by atoms with Crippen molar-refractivity contribution in [2.75, 3.05) is 5.32 Å². The zero-order valence-electron chi connectivity index (χ0n) is 10.0. The lowest BCUT2D eigenvalue weighted by atomic mass is 9.99. The van der Waals surface area contributed by atoms with E-state index >= 15 is 0 Å². The molecule has 3 N–H and O–H groups in total. The molecule has 2 atom stereocenters. The summed E-state index contributed by atoms with van der Waals surface area (Å²) in [6.07, 6.45) is 4.22. The average molecular weight is 221 g/mol. The Kier molecular flexibility index (Phi) is 4.43. The second-order valence-electron chi connectivity index (χ2n) is 4.09. The van der Waals surface area contributed by atoms with Crippen LogP contribution in [0.3, 0.4) is 0 Å². The van der Waals surface area contributed by atoms with Gasteiger partial charge in [0.15, 0.2) is 0 Å². The van der Waals surface area contributed by atoms with Crippen LogP contribution in [0.25, 0.3) is 0 Å². The lowest BCUT2D eigenvalue weighted by Crippen LogP contribution is -2.40. The fourth-order valence-corrected chi connectivity index (χ4v) is 1.32. The first-order valence-electron chi connectivity index (χ1n) is 5.53. The van der Waals surface area contributed by atoms with E-state index in [1.54, 1.807) is 12.4 Å². The van der Waals surface area contributed by atoms with Crippen LogP contribution in [-0.4, -0.2) is 16.9 Å². The van der Waals surface area contributed by atoms with Gasteiger partial charge in [-0.3, -0.25) is 9.78 Å². The van der Waals surface area contributed by atoms with Gasteiger partial charge >= 0.3 is 0 Å². The highest BCUT2D eigenvalue weighted by atomic mass is 16.2. The van der Waals surface area contributed by atoms with Crippen molar-refractivity contribution in [1.29, 1.82) is 0 Å². The number of nitrogens with zero attached hydrogens (tertiary/aromatic N) is 1. The van der Waals surface area contributed by atoms with Crippen LogP contribution in [0.2, 0.25) is 0 Å². The Morgan fingerprint density at radius 2 is 2.31 bits per heavy atom. The molecule has 1 aromatic heterocycles. The number of nitrogens with two attached hydrogens (primary N) is 1. The van der Waals surface area contributed by atoms with E-state index in [4.69, 9.17) is 5.73 Å². The topological polar surface area (TPSA) is 68.0 Å². The summed E-state index contributed by atoms with van der Waals surface area (Å²) in [5, 5.41) is 2.80. The van der Waals surface area contributed by atoms with Gasteiger partial charge in [-0.2, -0.15) is 0 Å². The summed E-state index contributed by atoms with van der Waals surface area (Å²) < 4.78 is 0. The number of aromatic nitrogens is 1. The Morgan fingerprint density at radius 3 is 2.88 bits per heavy atom. The lowest BCUT2D eigenvalue weighted by molar-refractivity contribution is -0.118. The van der Waals surface area contributed by atoms with Crippen LogP contribution >= 0.6 is 0 Å². The molecule has 16 heavy (non-hydrogen) atoms. The first-order chi connectivity index (χ1) is 7.56. The quantitative estimate of drug-likeness (QED) is 0.813. The van der Waals surface area contributed by atoms with Gasteiger partial charge in [0.25, 0.3) is 0 Å². The highest BCUT2D eigenvalue weighted by molar-refractivity contribution is 5.95. The first-order valence-corrected chi connectivity index (χ1v) is 5.53. The third kappa shape index (κ3) is 3.03. The number of carbonyl (C=O) groups excluding carboxylic acids is 1. The predicted octanol–water partition coefficient (Wildman–Crippen LogP) is 1.70. The van der Waals surface area contributed by atoms with E-state index in [1.807, 2.05) is 26.8 Å². The average Bonchev–Trinajstić information content (AvgIpc) is 2.30. The van der Waals surface area contributed by atoms with Gasteiger partial charge in [-0.15, -0.1) is 0 Å². The highest BCUT2D eigenvalue weighted by Crippen LogP contribution is 2.13. The fraction of sp³-hybridized carbons (Fsp3) is 0.500. The summed E-state index contributed by atoms with van der Waals surface area (Å²) in [5.74, 6) is 0.0300. The number of anilines is 1. The van der Waals surface area contributed by atoms with E-state index in [0.717, 1.165) is 17.7 Å².